The fraction of sp³-hybridized carbons (Fsp3) is 0.0769. The number of benzene rings is 4. The molecule has 2 N–H and O–H groups in total. The van der Waals surface area contributed by atoms with Crippen molar-refractivity contribution in [1.82, 2.24) is 0 Å². The Morgan fingerprint density at radius 1 is 0.400 bits per heavy atom. The Labute approximate surface area is 176 Å². The molecule has 4 rings (SSSR count). The van der Waals surface area contributed by atoms with Crippen molar-refractivity contribution in [3.63, 3.8) is 0 Å². The van der Waals surface area contributed by atoms with Gasteiger partial charge >= 0.3 is 0 Å². The van der Waals surface area contributed by atoms with Crippen molar-refractivity contribution >= 4 is 22.7 Å². The SMILES string of the molecule is Cc1ccc(N(O)c2ccc(-c3ccc(N(O)c4ccc(C)cc4)cc3)cc2)cc1. The van der Waals surface area contributed by atoms with Crippen LogP contribution in [0.1, 0.15) is 11.1 Å². The lowest BCUT2D eigenvalue weighted by Crippen LogP contribution is -2.10. The summed E-state index contributed by atoms with van der Waals surface area (Å²) in [6.45, 7) is 4.03. The Hall–Kier alpha value is -3.60. The molecule has 0 unspecified atom stereocenters. The van der Waals surface area contributed by atoms with Crippen LogP contribution in [0.5, 0.6) is 0 Å². The second kappa shape index (κ2) is 8.41. The predicted octanol–water partition coefficient (Wildman–Crippen LogP) is 7.03. The molecule has 0 bridgehead atoms. The maximum absolute atomic E-state index is 10.5. The fourth-order valence-corrected chi connectivity index (χ4v) is 3.26. The molecule has 0 aliphatic rings. The zero-order valence-corrected chi connectivity index (χ0v) is 17.0. The van der Waals surface area contributed by atoms with E-state index in [9.17, 15) is 10.4 Å². The minimum absolute atomic E-state index is 0.695. The van der Waals surface area contributed by atoms with Gasteiger partial charge in [-0.1, -0.05) is 59.7 Å². The number of hydrogen-bond acceptors (Lipinski definition) is 4. The molecule has 0 atom stereocenters. The summed E-state index contributed by atoms with van der Waals surface area (Å²) in [4.78, 5) is 0. The van der Waals surface area contributed by atoms with Crippen LogP contribution in [0.4, 0.5) is 22.7 Å². The zero-order chi connectivity index (χ0) is 21.1. The van der Waals surface area contributed by atoms with Gasteiger partial charge in [0.25, 0.3) is 0 Å². The van der Waals surface area contributed by atoms with Crippen molar-refractivity contribution in [2.75, 3.05) is 10.1 Å². The molecule has 0 heterocycles. The van der Waals surface area contributed by atoms with Crippen LogP contribution in [-0.2, 0) is 0 Å². The van der Waals surface area contributed by atoms with Gasteiger partial charge in [-0.05, 0) is 73.5 Å². The normalized spacial score (nSPS) is 10.7. The van der Waals surface area contributed by atoms with Crippen molar-refractivity contribution in [3.8, 4) is 11.1 Å². The Kier molecular flexibility index (Phi) is 5.53. The molecule has 4 nitrogen and oxygen atoms in total. The van der Waals surface area contributed by atoms with Gasteiger partial charge in [0.15, 0.2) is 0 Å². The van der Waals surface area contributed by atoms with E-state index in [1.54, 1.807) is 0 Å². The molecule has 0 saturated heterocycles. The Bertz CT molecular complexity index is 1010. The summed E-state index contributed by atoms with van der Waals surface area (Å²) in [6.07, 6.45) is 0. The molecule has 0 amide bonds. The quantitative estimate of drug-likeness (QED) is 0.356. The first-order valence-electron chi connectivity index (χ1n) is 9.83. The summed E-state index contributed by atoms with van der Waals surface area (Å²) in [7, 11) is 0. The number of hydrogen-bond donors (Lipinski definition) is 2. The van der Waals surface area contributed by atoms with E-state index in [0.29, 0.717) is 11.4 Å². The van der Waals surface area contributed by atoms with Crippen LogP contribution >= 0.6 is 0 Å². The minimum Gasteiger partial charge on any atom is -0.284 e. The van der Waals surface area contributed by atoms with Gasteiger partial charge in [-0.3, -0.25) is 10.4 Å². The summed E-state index contributed by atoms with van der Waals surface area (Å²) in [6, 6.07) is 30.8. The predicted molar refractivity (Wildman–Crippen MR) is 122 cm³/mol. The number of nitrogens with zero attached hydrogens (tertiary/aromatic N) is 2. The van der Waals surface area contributed by atoms with Crippen molar-refractivity contribution < 1.29 is 10.4 Å². The van der Waals surface area contributed by atoms with E-state index in [4.69, 9.17) is 0 Å². The highest BCUT2D eigenvalue weighted by atomic mass is 16.5. The van der Waals surface area contributed by atoms with Crippen LogP contribution < -0.4 is 10.1 Å². The van der Waals surface area contributed by atoms with Crippen molar-refractivity contribution in [2.45, 2.75) is 13.8 Å². The second-order valence-corrected chi connectivity index (χ2v) is 7.39. The smallest absolute Gasteiger partial charge is 0.0693 e. The van der Waals surface area contributed by atoms with Crippen molar-refractivity contribution in [3.05, 3.63) is 108 Å². The van der Waals surface area contributed by atoms with Gasteiger partial charge in [0.05, 0.1) is 22.7 Å². The van der Waals surface area contributed by atoms with Crippen LogP contribution in [0.2, 0.25) is 0 Å². The molecule has 4 aromatic carbocycles. The number of anilines is 4. The zero-order valence-electron chi connectivity index (χ0n) is 17.0. The largest absolute Gasteiger partial charge is 0.284 e. The van der Waals surface area contributed by atoms with Crippen LogP contribution in [0.3, 0.4) is 0 Å². The molecule has 0 fully saturated rings. The highest BCUT2D eigenvalue weighted by molar-refractivity contribution is 5.71. The Morgan fingerprint density at radius 3 is 0.900 bits per heavy atom. The first-order valence-corrected chi connectivity index (χ1v) is 9.83. The van der Waals surface area contributed by atoms with Crippen LogP contribution in [-0.4, -0.2) is 10.4 Å². The lowest BCUT2D eigenvalue weighted by Gasteiger charge is -2.18. The van der Waals surface area contributed by atoms with E-state index < -0.39 is 0 Å². The molecule has 0 spiro atoms. The maximum atomic E-state index is 10.5. The van der Waals surface area contributed by atoms with Gasteiger partial charge in [0, 0.05) is 0 Å². The lowest BCUT2D eigenvalue weighted by molar-refractivity contribution is 0.300. The Morgan fingerprint density at radius 2 is 0.633 bits per heavy atom. The van der Waals surface area contributed by atoms with Crippen molar-refractivity contribution in [2.24, 2.45) is 0 Å². The molecule has 0 aliphatic heterocycles. The topological polar surface area (TPSA) is 46.9 Å². The summed E-state index contributed by atoms with van der Waals surface area (Å²) < 4.78 is 0. The lowest BCUT2D eigenvalue weighted by atomic mass is 10.0. The van der Waals surface area contributed by atoms with E-state index in [1.165, 1.54) is 10.1 Å². The minimum atomic E-state index is 0.695. The molecule has 0 aromatic heterocycles. The molecule has 30 heavy (non-hydrogen) atoms. The third-order valence-electron chi connectivity index (χ3n) is 5.11. The molecule has 4 heteroatoms. The van der Waals surface area contributed by atoms with Gasteiger partial charge in [0.2, 0.25) is 0 Å². The standard InChI is InChI=1S/C26H24N2O2/c1-19-3-11-23(12-4-19)27(29)25-15-7-21(8-16-25)22-9-17-26(18-10-22)28(30)24-13-5-20(2)6-14-24/h3-18,29-30H,1-2H3. The summed E-state index contributed by atoms with van der Waals surface area (Å²) in [5, 5.41) is 23.3. The number of aryl methyl sites for hydroxylation is 2. The maximum Gasteiger partial charge on any atom is 0.0693 e. The van der Waals surface area contributed by atoms with Gasteiger partial charge in [-0.2, -0.15) is 0 Å². The molecule has 0 saturated carbocycles. The number of rotatable bonds is 5. The molecule has 0 radical (unpaired) electrons. The summed E-state index contributed by atoms with van der Waals surface area (Å²) in [5.74, 6) is 0. The van der Waals surface area contributed by atoms with Gasteiger partial charge in [-0.15, -0.1) is 0 Å². The molecule has 0 aliphatic carbocycles. The monoisotopic (exact) mass is 396 g/mol. The Balaban J connectivity index is 1.50. The van der Waals surface area contributed by atoms with E-state index in [1.807, 2.05) is 111 Å². The van der Waals surface area contributed by atoms with E-state index in [0.717, 1.165) is 33.6 Å². The third kappa shape index (κ3) is 4.20. The highest BCUT2D eigenvalue weighted by Gasteiger charge is 2.09. The fourth-order valence-electron chi connectivity index (χ4n) is 3.26. The van der Waals surface area contributed by atoms with E-state index in [2.05, 4.69) is 0 Å². The van der Waals surface area contributed by atoms with E-state index in [-0.39, 0.29) is 0 Å². The highest BCUT2D eigenvalue weighted by Crippen LogP contribution is 2.29. The van der Waals surface area contributed by atoms with Gasteiger partial charge < -0.3 is 0 Å². The van der Waals surface area contributed by atoms with Gasteiger partial charge in [-0.25, -0.2) is 10.1 Å². The summed E-state index contributed by atoms with van der Waals surface area (Å²) >= 11 is 0. The van der Waals surface area contributed by atoms with Crippen molar-refractivity contribution in [1.29, 1.82) is 0 Å². The summed E-state index contributed by atoms with van der Waals surface area (Å²) in [5.41, 5.74) is 7.18. The molecule has 150 valence electrons. The average Bonchev–Trinajstić information content (AvgIpc) is 2.79. The van der Waals surface area contributed by atoms with E-state index >= 15 is 0 Å². The van der Waals surface area contributed by atoms with Crippen LogP contribution in [0, 0.1) is 13.8 Å². The molecule has 4 aromatic rings. The van der Waals surface area contributed by atoms with Gasteiger partial charge in [0.1, 0.15) is 0 Å². The van der Waals surface area contributed by atoms with Crippen LogP contribution in [0.25, 0.3) is 11.1 Å². The first kappa shape index (κ1) is 19.7. The third-order valence-corrected chi connectivity index (χ3v) is 5.11. The van der Waals surface area contributed by atoms with Crippen LogP contribution in [0.15, 0.2) is 97.1 Å². The average molecular weight is 396 g/mol. The first-order chi connectivity index (χ1) is 14.5. The molecular formula is C26H24N2O2. The second-order valence-electron chi connectivity index (χ2n) is 7.39. The molecular weight excluding hydrogens is 372 g/mol.